The highest BCUT2D eigenvalue weighted by Crippen LogP contribution is 1.82. The molecule has 0 heterocycles. The van der Waals surface area contributed by atoms with Crippen LogP contribution in [0.4, 0.5) is 0 Å². The summed E-state index contributed by atoms with van der Waals surface area (Å²) in [6.45, 7) is 8.69. The van der Waals surface area contributed by atoms with Crippen LogP contribution in [0.5, 0.6) is 0 Å². The number of hydrogen-bond acceptors (Lipinski definition) is 4. The third-order valence-electron chi connectivity index (χ3n) is 1.91. The van der Waals surface area contributed by atoms with E-state index in [4.69, 9.17) is 11.5 Å². The summed E-state index contributed by atoms with van der Waals surface area (Å²) >= 11 is 0. The molecule has 13 heavy (non-hydrogen) atoms. The van der Waals surface area contributed by atoms with Crippen LogP contribution in [-0.2, 0) is 0 Å². The second-order valence-corrected chi connectivity index (χ2v) is 3.83. The predicted molar refractivity (Wildman–Crippen MR) is 57.6 cm³/mol. The van der Waals surface area contributed by atoms with Gasteiger partial charge in [0.25, 0.3) is 0 Å². The summed E-state index contributed by atoms with van der Waals surface area (Å²) in [5, 5.41) is 6.66. The van der Waals surface area contributed by atoms with E-state index in [1.54, 1.807) is 0 Å². The van der Waals surface area contributed by atoms with E-state index in [0.717, 1.165) is 13.1 Å². The molecule has 0 saturated heterocycles. The lowest BCUT2D eigenvalue weighted by Gasteiger charge is -2.18. The molecule has 0 saturated carbocycles. The Morgan fingerprint density at radius 2 is 1.54 bits per heavy atom. The average Bonchev–Trinajstić information content (AvgIpc) is 2.10. The minimum Gasteiger partial charge on any atom is -0.329 e. The van der Waals surface area contributed by atoms with Gasteiger partial charge in [-0.15, -0.1) is 0 Å². The first kappa shape index (κ1) is 12.8. The average molecular weight is 188 g/mol. The van der Waals surface area contributed by atoms with Crippen LogP contribution in [-0.4, -0.2) is 37.8 Å². The fourth-order valence-corrected chi connectivity index (χ4v) is 0.921. The Bertz CT molecular complexity index is 116. The molecule has 0 aromatic carbocycles. The maximum absolute atomic E-state index is 5.62. The quantitative estimate of drug-likeness (QED) is 0.424. The molecule has 0 radical (unpaired) electrons. The van der Waals surface area contributed by atoms with E-state index < -0.39 is 0 Å². The molecule has 0 aromatic rings. The third kappa shape index (κ3) is 8.18. The Hall–Kier alpha value is -0.160. The van der Waals surface area contributed by atoms with Gasteiger partial charge < -0.3 is 22.1 Å². The van der Waals surface area contributed by atoms with Crippen molar-refractivity contribution in [2.75, 3.05) is 19.6 Å². The van der Waals surface area contributed by atoms with Crippen LogP contribution in [0.2, 0.25) is 0 Å². The van der Waals surface area contributed by atoms with Crippen LogP contribution in [0.1, 0.15) is 20.8 Å². The van der Waals surface area contributed by atoms with Crippen LogP contribution in [0, 0.1) is 0 Å². The highest BCUT2D eigenvalue weighted by Gasteiger charge is 2.03. The number of rotatable bonds is 7. The van der Waals surface area contributed by atoms with Crippen molar-refractivity contribution in [1.29, 1.82) is 0 Å². The molecular weight excluding hydrogens is 164 g/mol. The van der Waals surface area contributed by atoms with Crippen molar-refractivity contribution in [1.82, 2.24) is 10.6 Å². The first-order valence-electron chi connectivity index (χ1n) is 4.98. The van der Waals surface area contributed by atoms with E-state index in [1.165, 1.54) is 0 Å². The first-order chi connectivity index (χ1) is 6.06. The zero-order valence-electron chi connectivity index (χ0n) is 9.01. The Labute approximate surface area is 81.4 Å². The van der Waals surface area contributed by atoms with Gasteiger partial charge in [-0.05, 0) is 20.8 Å². The molecule has 0 rings (SSSR count). The highest BCUT2D eigenvalue weighted by molar-refractivity contribution is 4.70. The molecule has 0 aliphatic rings. The molecular formula is C9H24N4. The number of nitrogens with one attached hydrogen (secondary N) is 2. The summed E-state index contributed by atoms with van der Waals surface area (Å²) < 4.78 is 0. The Morgan fingerprint density at radius 1 is 1.00 bits per heavy atom. The molecule has 4 nitrogen and oxygen atoms in total. The molecule has 6 N–H and O–H groups in total. The van der Waals surface area contributed by atoms with Crippen molar-refractivity contribution in [2.45, 2.75) is 38.9 Å². The largest absolute Gasteiger partial charge is 0.329 e. The van der Waals surface area contributed by atoms with Crippen LogP contribution >= 0.6 is 0 Å². The van der Waals surface area contributed by atoms with Gasteiger partial charge in [-0.1, -0.05) is 0 Å². The molecule has 0 bridgehead atoms. The van der Waals surface area contributed by atoms with Gasteiger partial charge in [-0.25, -0.2) is 0 Å². The summed E-state index contributed by atoms with van der Waals surface area (Å²) in [5.41, 5.74) is 11.1. The van der Waals surface area contributed by atoms with Gasteiger partial charge in [0.15, 0.2) is 0 Å². The molecule has 0 spiro atoms. The molecule has 0 aliphatic heterocycles. The predicted octanol–water partition coefficient (Wildman–Crippen LogP) is -0.751. The first-order valence-corrected chi connectivity index (χ1v) is 4.98. The van der Waals surface area contributed by atoms with Gasteiger partial charge >= 0.3 is 0 Å². The zero-order valence-corrected chi connectivity index (χ0v) is 9.01. The summed E-state index contributed by atoms with van der Waals surface area (Å²) in [5.74, 6) is 0. The molecule has 80 valence electrons. The van der Waals surface area contributed by atoms with Crippen molar-refractivity contribution >= 4 is 0 Å². The topological polar surface area (TPSA) is 76.1 Å². The van der Waals surface area contributed by atoms with Crippen molar-refractivity contribution in [3.8, 4) is 0 Å². The lowest BCUT2D eigenvalue weighted by molar-refractivity contribution is 0.453. The fraction of sp³-hybridized carbons (Fsp3) is 1.00. The maximum Gasteiger partial charge on any atom is 0.0164 e. The van der Waals surface area contributed by atoms with E-state index in [2.05, 4.69) is 24.5 Å². The smallest absolute Gasteiger partial charge is 0.0164 e. The van der Waals surface area contributed by atoms with Crippen LogP contribution in [0.25, 0.3) is 0 Å². The summed E-state index contributed by atoms with van der Waals surface area (Å²) in [4.78, 5) is 0. The van der Waals surface area contributed by atoms with Crippen LogP contribution < -0.4 is 22.1 Å². The molecule has 0 aliphatic carbocycles. The Balaban J connectivity index is 3.34. The fourth-order valence-electron chi connectivity index (χ4n) is 0.921. The zero-order chi connectivity index (χ0) is 10.3. The van der Waals surface area contributed by atoms with Crippen LogP contribution in [0.15, 0.2) is 0 Å². The van der Waals surface area contributed by atoms with Crippen molar-refractivity contribution < 1.29 is 0 Å². The van der Waals surface area contributed by atoms with Gasteiger partial charge in [0.1, 0.15) is 0 Å². The minimum atomic E-state index is 0.217. The van der Waals surface area contributed by atoms with E-state index >= 15 is 0 Å². The number of hydrogen-bond donors (Lipinski definition) is 4. The van der Waals surface area contributed by atoms with E-state index in [0.29, 0.717) is 18.6 Å². The van der Waals surface area contributed by atoms with E-state index in [1.807, 2.05) is 6.92 Å². The normalized spacial score (nSPS) is 18.2. The second-order valence-electron chi connectivity index (χ2n) is 3.83. The van der Waals surface area contributed by atoms with Gasteiger partial charge in [-0.2, -0.15) is 0 Å². The Morgan fingerprint density at radius 3 is 2.00 bits per heavy atom. The molecule has 3 atom stereocenters. The SMILES string of the molecule is CC(N)CNC(C)CNC(C)CN. The molecule has 4 heteroatoms. The summed E-state index contributed by atoms with van der Waals surface area (Å²) in [6, 6.07) is 1.05. The lowest BCUT2D eigenvalue weighted by Crippen LogP contribution is -2.45. The Kier molecular flexibility index (Phi) is 7.17. The highest BCUT2D eigenvalue weighted by atomic mass is 15.0. The van der Waals surface area contributed by atoms with Crippen molar-refractivity contribution in [2.24, 2.45) is 11.5 Å². The third-order valence-corrected chi connectivity index (χ3v) is 1.91. The standard InChI is InChI=1S/C9H24N4/c1-7(11)5-12-9(3)6-13-8(2)4-10/h7-9,12-13H,4-6,10-11H2,1-3H3. The van der Waals surface area contributed by atoms with Gasteiger partial charge in [-0.3, -0.25) is 0 Å². The molecule has 0 fully saturated rings. The summed E-state index contributed by atoms with van der Waals surface area (Å²) in [7, 11) is 0. The van der Waals surface area contributed by atoms with E-state index in [9.17, 15) is 0 Å². The van der Waals surface area contributed by atoms with Gasteiger partial charge in [0.2, 0.25) is 0 Å². The number of nitrogens with two attached hydrogens (primary N) is 2. The van der Waals surface area contributed by atoms with Gasteiger partial charge in [0.05, 0.1) is 0 Å². The molecule has 3 unspecified atom stereocenters. The minimum absolute atomic E-state index is 0.217. The van der Waals surface area contributed by atoms with Gasteiger partial charge in [0, 0.05) is 37.8 Å². The van der Waals surface area contributed by atoms with E-state index in [-0.39, 0.29) is 6.04 Å². The monoisotopic (exact) mass is 188 g/mol. The maximum atomic E-state index is 5.62. The van der Waals surface area contributed by atoms with Crippen molar-refractivity contribution in [3.05, 3.63) is 0 Å². The van der Waals surface area contributed by atoms with Crippen molar-refractivity contribution in [3.63, 3.8) is 0 Å². The van der Waals surface area contributed by atoms with Crippen LogP contribution in [0.3, 0.4) is 0 Å². The summed E-state index contributed by atoms with van der Waals surface area (Å²) in [6.07, 6.45) is 0. The lowest BCUT2D eigenvalue weighted by atomic mass is 10.2. The molecule has 0 amide bonds. The molecule has 0 aromatic heterocycles. The second kappa shape index (κ2) is 7.26.